The predicted octanol–water partition coefficient (Wildman–Crippen LogP) is 1.80. The Bertz CT molecular complexity index is 349. The second-order valence-electron chi connectivity index (χ2n) is 3.90. The Labute approximate surface area is 89.6 Å². The molecule has 1 fully saturated rings. The lowest BCUT2D eigenvalue weighted by Crippen LogP contribution is -1.93. The summed E-state index contributed by atoms with van der Waals surface area (Å²) < 4.78 is 10.4. The van der Waals surface area contributed by atoms with E-state index in [-0.39, 0.29) is 6.61 Å². The molecule has 0 radical (unpaired) electrons. The second-order valence-corrected chi connectivity index (χ2v) is 3.90. The van der Waals surface area contributed by atoms with Crippen molar-refractivity contribution in [3.63, 3.8) is 0 Å². The Morgan fingerprint density at radius 3 is 2.53 bits per heavy atom. The Morgan fingerprint density at radius 1 is 1.27 bits per heavy atom. The van der Waals surface area contributed by atoms with E-state index in [1.54, 1.807) is 14.2 Å². The van der Waals surface area contributed by atoms with Gasteiger partial charge in [-0.3, -0.25) is 0 Å². The van der Waals surface area contributed by atoms with Crippen molar-refractivity contribution in [2.75, 3.05) is 20.8 Å². The van der Waals surface area contributed by atoms with Gasteiger partial charge in [-0.25, -0.2) is 0 Å². The van der Waals surface area contributed by atoms with E-state index in [2.05, 4.69) is 0 Å². The van der Waals surface area contributed by atoms with Gasteiger partial charge in [-0.1, -0.05) is 6.07 Å². The van der Waals surface area contributed by atoms with Crippen LogP contribution in [0.3, 0.4) is 0 Å². The maximum atomic E-state index is 9.01. The molecule has 2 atom stereocenters. The molecule has 82 valence electrons. The van der Waals surface area contributed by atoms with Crippen LogP contribution in [0.1, 0.15) is 17.9 Å². The van der Waals surface area contributed by atoms with E-state index in [1.165, 1.54) is 5.56 Å². The van der Waals surface area contributed by atoms with Gasteiger partial charge in [0.2, 0.25) is 0 Å². The highest BCUT2D eigenvalue weighted by Crippen LogP contribution is 2.48. The number of ether oxygens (including phenoxy) is 2. The van der Waals surface area contributed by atoms with Crippen molar-refractivity contribution in [1.82, 2.24) is 0 Å². The lowest BCUT2D eigenvalue weighted by atomic mass is 10.1. The summed E-state index contributed by atoms with van der Waals surface area (Å²) in [6, 6.07) is 5.96. The number of aliphatic hydroxyl groups excluding tert-OH is 1. The second kappa shape index (κ2) is 4.11. The van der Waals surface area contributed by atoms with Crippen LogP contribution in [0.25, 0.3) is 0 Å². The van der Waals surface area contributed by atoms with Gasteiger partial charge < -0.3 is 14.6 Å². The van der Waals surface area contributed by atoms with Crippen LogP contribution in [-0.4, -0.2) is 25.9 Å². The highest BCUT2D eigenvalue weighted by atomic mass is 16.5. The smallest absolute Gasteiger partial charge is 0.160 e. The SMILES string of the molecule is COc1ccc(C2CC2CO)cc1OC. The highest BCUT2D eigenvalue weighted by molar-refractivity contribution is 5.45. The molecule has 1 aromatic carbocycles. The fourth-order valence-electron chi connectivity index (χ4n) is 1.94. The molecule has 0 aliphatic heterocycles. The van der Waals surface area contributed by atoms with Crippen molar-refractivity contribution in [1.29, 1.82) is 0 Å². The van der Waals surface area contributed by atoms with Crippen LogP contribution < -0.4 is 9.47 Å². The van der Waals surface area contributed by atoms with Gasteiger partial charge in [0.1, 0.15) is 0 Å². The number of aliphatic hydroxyl groups is 1. The van der Waals surface area contributed by atoms with E-state index in [1.807, 2.05) is 18.2 Å². The first-order valence-electron chi connectivity index (χ1n) is 5.13. The minimum Gasteiger partial charge on any atom is -0.493 e. The van der Waals surface area contributed by atoms with Gasteiger partial charge in [0.05, 0.1) is 14.2 Å². The first-order valence-corrected chi connectivity index (χ1v) is 5.13. The normalized spacial score (nSPS) is 23.7. The molecule has 1 saturated carbocycles. The zero-order chi connectivity index (χ0) is 10.8. The third kappa shape index (κ3) is 1.92. The molecule has 3 nitrogen and oxygen atoms in total. The van der Waals surface area contributed by atoms with E-state index in [0.717, 1.165) is 17.9 Å². The number of methoxy groups -OCH3 is 2. The first-order chi connectivity index (χ1) is 7.30. The largest absolute Gasteiger partial charge is 0.493 e. The fraction of sp³-hybridized carbons (Fsp3) is 0.500. The summed E-state index contributed by atoms with van der Waals surface area (Å²) in [6.07, 6.45) is 1.08. The van der Waals surface area contributed by atoms with E-state index in [4.69, 9.17) is 14.6 Å². The Balaban J connectivity index is 2.20. The fourth-order valence-corrected chi connectivity index (χ4v) is 1.94. The minimum atomic E-state index is 0.277. The van der Waals surface area contributed by atoms with Crippen molar-refractivity contribution < 1.29 is 14.6 Å². The Kier molecular flexibility index (Phi) is 2.82. The summed E-state index contributed by atoms with van der Waals surface area (Å²) in [5.41, 5.74) is 1.23. The Morgan fingerprint density at radius 2 is 2.00 bits per heavy atom. The van der Waals surface area contributed by atoms with Crippen molar-refractivity contribution in [2.24, 2.45) is 5.92 Å². The van der Waals surface area contributed by atoms with Gasteiger partial charge in [-0.2, -0.15) is 0 Å². The molecule has 0 bridgehead atoms. The summed E-state index contributed by atoms with van der Waals surface area (Å²) in [4.78, 5) is 0. The molecule has 0 spiro atoms. The summed E-state index contributed by atoms with van der Waals surface area (Å²) >= 11 is 0. The minimum absolute atomic E-state index is 0.277. The van der Waals surface area contributed by atoms with Crippen LogP contribution >= 0.6 is 0 Å². The standard InChI is InChI=1S/C12H16O3/c1-14-11-4-3-8(6-12(11)15-2)10-5-9(10)7-13/h3-4,6,9-10,13H,5,7H2,1-2H3. The molecule has 15 heavy (non-hydrogen) atoms. The van der Waals surface area contributed by atoms with Crippen LogP contribution in [0.15, 0.2) is 18.2 Å². The van der Waals surface area contributed by atoms with E-state index >= 15 is 0 Å². The summed E-state index contributed by atoms with van der Waals surface area (Å²) in [7, 11) is 3.27. The molecule has 0 amide bonds. The topological polar surface area (TPSA) is 38.7 Å². The number of hydrogen-bond donors (Lipinski definition) is 1. The molecule has 1 aliphatic rings. The van der Waals surface area contributed by atoms with Crippen LogP contribution in [0.2, 0.25) is 0 Å². The summed E-state index contributed by atoms with van der Waals surface area (Å²) in [6.45, 7) is 0.277. The highest BCUT2D eigenvalue weighted by Gasteiger charge is 2.37. The third-order valence-electron chi connectivity index (χ3n) is 2.99. The summed E-state index contributed by atoms with van der Waals surface area (Å²) in [5, 5.41) is 9.01. The molecule has 2 rings (SSSR count). The molecule has 0 aromatic heterocycles. The monoisotopic (exact) mass is 208 g/mol. The van der Waals surface area contributed by atoms with Crippen molar-refractivity contribution >= 4 is 0 Å². The molecule has 0 saturated heterocycles. The van der Waals surface area contributed by atoms with Gasteiger partial charge in [0.25, 0.3) is 0 Å². The van der Waals surface area contributed by atoms with E-state index in [0.29, 0.717) is 11.8 Å². The quantitative estimate of drug-likeness (QED) is 0.820. The lowest BCUT2D eigenvalue weighted by molar-refractivity contribution is 0.274. The molecule has 3 heteroatoms. The van der Waals surface area contributed by atoms with Gasteiger partial charge in [-0.05, 0) is 36.0 Å². The van der Waals surface area contributed by atoms with Crippen LogP contribution in [0.5, 0.6) is 11.5 Å². The zero-order valence-corrected chi connectivity index (χ0v) is 9.06. The average molecular weight is 208 g/mol. The van der Waals surface area contributed by atoms with Gasteiger partial charge in [-0.15, -0.1) is 0 Å². The number of rotatable bonds is 4. The molecule has 2 unspecified atom stereocenters. The van der Waals surface area contributed by atoms with Gasteiger partial charge >= 0.3 is 0 Å². The van der Waals surface area contributed by atoms with Crippen molar-refractivity contribution in [3.8, 4) is 11.5 Å². The molecule has 1 N–H and O–H groups in total. The van der Waals surface area contributed by atoms with Gasteiger partial charge in [0.15, 0.2) is 11.5 Å². The maximum absolute atomic E-state index is 9.01. The van der Waals surface area contributed by atoms with Crippen LogP contribution in [0.4, 0.5) is 0 Å². The molecule has 1 aliphatic carbocycles. The third-order valence-corrected chi connectivity index (χ3v) is 2.99. The maximum Gasteiger partial charge on any atom is 0.160 e. The predicted molar refractivity (Wildman–Crippen MR) is 57.5 cm³/mol. The molecular formula is C12H16O3. The zero-order valence-electron chi connectivity index (χ0n) is 9.06. The number of hydrogen-bond acceptors (Lipinski definition) is 3. The average Bonchev–Trinajstić information content (AvgIpc) is 3.07. The number of benzene rings is 1. The molecule has 0 heterocycles. The first kappa shape index (κ1) is 10.3. The van der Waals surface area contributed by atoms with Gasteiger partial charge in [0, 0.05) is 6.61 Å². The van der Waals surface area contributed by atoms with Crippen LogP contribution in [-0.2, 0) is 0 Å². The van der Waals surface area contributed by atoms with Crippen LogP contribution in [0, 0.1) is 5.92 Å². The van der Waals surface area contributed by atoms with Crippen molar-refractivity contribution in [2.45, 2.75) is 12.3 Å². The van der Waals surface area contributed by atoms with E-state index < -0.39 is 0 Å². The molecular weight excluding hydrogens is 192 g/mol. The molecule has 1 aromatic rings. The summed E-state index contributed by atoms with van der Waals surface area (Å²) in [5.74, 6) is 2.44. The van der Waals surface area contributed by atoms with Crippen molar-refractivity contribution in [3.05, 3.63) is 23.8 Å². The van der Waals surface area contributed by atoms with E-state index in [9.17, 15) is 0 Å². The Hall–Kier alpha value is -1.22. The lowest BCUT2D eigenvalue weighted by Gasteiger charge is -2.09.